The molecule has 1 saturated carbocycles. The molecule has 2 heterocycles. The lowest BCUT2D eigenvalue weighted by Gasteiger charge is -2.12. The van der Waals surface area contributed by atoms with Gasteiger partial charge in [-0.2, -0.15) is 9.97 Å². The van der Waals surface area contributed by atoms with E-state index in [1.165, 1.54) is 0 Å². The lowest BCUT2D eigenvalue weighted by Crippen LogP contribution is -2.07. The molecule has 3 rings (SSSR count). The highest BCUT2D eigenvalue weighted by Gasteiger charge is 2.28. The number of aromatic nitrogens is 5. The zero-order chi connectivity index (χ0) is 14.1. The lowest BCUT2D eigenvalue weighted by atomic mass is 10.3. The van der Waals surface area contributed by atoms with E-state index in [-0.39, 0.29) is 0 Å². The lowest BCUT2D eigenvalue weighted by molar-refractivity contribution is 0.416. The molecule has 0 radical (unpaired) electrons. The van der Waals surface area contributed by atoms with Crippen LogP contribution in [0, 0.1) is 6.92 Å². The molecule has 0 unspecified atom stereocenters. The van der Waals surface area contributed by atoms with Crippen LogP contribution in [0.5, 0.6) is 11.9 Å². The van der Waals surface area contributed by atoms with Crippen molar-refractivity contribution in [3.63, 3.8) is 0 Å². The van der Waals surface area contributed by atoms with Crippen LogP contribution in [0.25, 0.3) is 0 Å². The van der Waals surface area contributed by atoms with Gasteiger partial charge in [0.1, 0.15) is 18.0 Å². The van der Waals surface area contributed by atoms with Gasteiger partial charge in [-0.05, 0) is 26.7 Å². The van der Waals surface area contributed by atoms with Crippen molar-refractivity contribution in [1.29, 1.82) is 0 Å². The van der Waals surface area contributed by atoms with E-state index in [9.17, 15) is 0 Å². The number of aryl methyl sites for hydroxylation is 1. The molecule has 0 amide bonds. The van der Waals surface area contributed by atoms with Gasteiger partial charge in [-0.3, -0.25) is 4.68 Å². The first-order valence-corrected chi connectivity index (χ1v) is 6.83. The molecule has 1 N–H and O–H groups in total. The summed E-state index contributed by atoms with van der Waals surface area (Å²) in [7, 11) is 1.80. The maximum Gasteiger partial charge on any atom is 0.342 e. The van der Waals surface area contributed by atoms with Crippen LogP contribution in [0.1, 0.15) is 37.1 Å². The SMILES string of the molecule is CCNc1nc(C2CC2)nc(Oc2ncn(C)n2)c1C. The molecule has 1 aliphatic rings. The molecule has 2 aromatic rings. The van der Waals surface area contributed by atoms with Crippen LogP contribution >= 0.6 is 0 Å². The standard InChI is InChI=1S/C13H18N6O/c1-4-14-10-8(2)12(17-11(16-10)9-5-6-9)20-13-15-7-19(3)18-13/h7,9H,4-6H2,1-3H3,(H,14,16,17). The number of ether oxygens (including phenoxy) is 1. The van der Waals surface area contributed by atoms with Crippen LogP contribution in [0.4, 0.5) is 5.82 Å². The van der Waals surface area contributed by atoms with Crippen molar-refractivity contribution in [2.75, 3.05) is 11.9 Å². The van der Waals surface area contributed by atoms with Crippen molar-refractivity contribution in [3.8, 4) is 11.9 Å². The fourth-order valence-corrected chi connectivity index (χ4v) is 1.93. The summed E-state index contributed by atoms with van der Waals surface area (Å²) >= 11 is 0. The van der Waals surface area contributed by atoms with Crippen LogP contribution < -0.4 is 10.1 Å². The second kappa shape index (κ2) is 5.07. The van der Waals surface area contributed by atoms with E-state index < -0.39 is 0 Å². The van der Waals surface area contributed by atoms with Gasteiger partial charge in [0.05, 0.1) is 5.56 Å². The molecule has 0 bridgehead atoms. The Morgan fingerprint density at radius 2 is 2.20 bits per heavy atom. The van der Waals surface area contributed by atoms with Gasteiger partial charge in [-0.15, -0.1) is 5.10 Å². The van der Waals surface area contributed by atoms with Crippen molar-refractivity contribution < 1.29 is 4.74 Å². The molecule has 7 nitrogen and oxygen atoms in total. The fourth-order valence-electron chi connectivity index (χ4n) is 1.93. The highest BCUT2D eigenvalue weighted by Crippen LogP contribution is 2.40. The minimum Gasteiger partial charge on any atom is -0.404 e. The number of nitrogens with zero attached hydrogens (tertiary/aromatic N) is 5. The second-order valence-corrected chi connectivity index (χ2v) is 4.97. The Labute approximate surface area is 117 Å². The molecule has 1 fully saturated rings. The van der Waals surface area contributed by atoms with Gasteiger partial charge in [0, 0.05) is 19.5 Å². The van der Waals surface area contributed by atoms with Crippen LogP contribution in [0.2, 0.25) is 0 Å². The van der Waals surface area contributed by atoms with E-state index in [1.807, 2.05) is 13.8 Å². The maximum atomic E-state index is 5.70. The van der Waals surface area contributed by atoms with E-state index in [2.05, 4.69) is 25.4 Å². The Hall–Kier alpha value is -2.18. The normalized spacial score (nSPS) is 14.3. The third kappa shape index (κ3) is 2.56. The summed E-state index contributed by atoms with van der Waals surface area (Å²) in [6, 6.07) is 0.304. The topological polar surface area (TPSA) is 77.8 Å². The van der Waals surface area contributed by atoms with Crippen LogP contribution in [0.15, 0.2) is 6.33 Å². The first-order chi connectivity index (χ1) is 9.67. The monoisotopic (exact) mass is 274 g/mol. The van der Waals surface area contributed by atoms with Gasteiger partial charge in [0.2, 0.25) is 5.88 Å². The molecule has 0 spiro atoms. The summed E-state index contributed by atoms with van der Waals surface area (Å²) in [5.74, 6) is 2.67. The van der Waals surface area contributed by atoms with Gasteiger partial charge in [-0.25, -0.2) is 4.98 Å². The van der Waals surface area contributed by atoms with Crippen molar-refractivity contribution in [1.82, 2.24) is 24.7 Å². The van der Waals surface area contributed by atoms with Crippen LogP contribution in [0.3, 0.4) is 0 Å². The van der Waals surface area contributed by atoms with E-state index in [1.54, 1.807) is 18.1 Å². The van der Waals surface area contributed by atoms with Crippen molar-refractivity contribution in [2.45, 2.75) is 32.6 Å². The summed E-state index contributed by atoms with van der Waals surface area (Å²) in [6.07, 6.45) is 3.89. The summed E-state index contributed by atoms with van der Waals surface area (Å²) in [5, 5.41) is 7.37. The Morgan fingerprint density at radius 1 is 1.40 bits per heavy atom. The zero-order valence-electron chi connectivity index (χ0n) is 11.9. The smallest absolute Gasteiger partial charge is 0.342 e. The van der Waals surface area contributed by atoms with E-state index >= 15 is 0 Å². The number of anilines is 1. The summed E-state index contributed by atoms with van der Waals surface area (Å²) < 4.78 is 7.30. The highest BCUT2D eigenvalue weighted by atomic mass is 16.5. The summed E-state index contributed by atoms with van der Waals surface area (Å²) in [4.78, 5) is 13.2. The van der Waals surface area contributed by atoms with Gasteiger partial charge in [0.15, 0.2) is 0 Å². The Kier molecular flexibility index (Phi) is 3.25. The van der Waals surface area contributed by atoms with Gasteiger partial charge < -0.3 is 10.1 Å². The average molecular weight is 274 g/mol. The largest absolute Gasteiger partial charge is 0.404 e. The number of nitrogens with one attached hydrogen (secondary N) is 1. The quantitative estimate of drug-likeness (QED) is 0.898. The number of hydrogen-bond donors (Lipinski definition) is 1. The Morgan fingerprint density at radius 3 is 2.80 bits per heavy atom. The first-order valence-electron chi connectivity index (χ1n) is 6.83. The van der Waals surface area contributed by atoms with Gasteiger partial charge in [0.25, 0.3) is 0 Å². The molecule has 0 aromatic carbocycles. The zero-order valence-corrected chi connectivity index (χ0v) is 11.9. The number of hydrogen-bond acceptors (Lipinski definition) is 6. The molecular formula is C13H18N6O. The minimum atomic E-state index is 0.304. The average Bonchev–Trinajstić information content (AvgIpc) is 3.19. The summed E-state index contributed by atoms with van der Waals surface area (Å²) in [6.45, 7) is 4.79. The van der Waals surface area contributed by atoms with E-state index in [4.69, 9.17) is 4.74 Å². The highest BCUT2D eigenvalue weighted by molar-refractivity contribution is 5.49. The second-order valence-electron chi connectivity index (χ2n) is 4.97. The predicted molar refractivity (Wildman–Crippen MR) is 74.0 cm³/mol. The minimum absolute atomic E-state index is 0.304. The Bertz CT molecular complexity index is 619. The molecule has 0 aliphatic heterocycles. The van der Waals surface area contributed by atoms with Crippen LogP contribution in [-0.2, 0) is 7.05 Å². The van der Waals surface area contributed by atoms with E-state index in [0.717, 1.165) is 36.6 Å². The molecule has 0 saturated heterocycles. The third-order valence-electron chi connectivity index (χ3n) is 3.17. The fraction of sp³-hybridized carbons (Fsp3) is 0.538. The number of rotatable bonds is 5. The summed E-state index contributed by atoms with van der Waals surface area (Å²) in [5.41, 5.74) is 0.878. The van der Waals surface area contributed by atoms with Crippen molar-refractivity contribution in [2.24, 2.45) is 7.05 Å². The van der Waals surface area contributed by atoms with Gasteiger partial charge in [-0.1, -0.05) is 0 Å². The third-order valence-corrected chi connectivity index (χ3v) is 3.17. The molecule has 2 aromatic heterocycles. The van der Waals surface area contributed by atoms with Crippen molar-refractivity contribution >= 4 is 5.82 Å². The molecule has 1 aliphatic carbocycles. The molecule has 0 atom stereocenters. The maximum absolute atomic E-state index is 5.70. The molecule has 106 valence electrons. The molecule has 20 heavy (non-hydrogen) atoms. The van der Waals surface area contributed by atoms with Crippen molar-refractivity contribution in [3.05, 3.63) is 17.7 Å². The first kappa shape index (κ1) is 12.8. The van der Waals surface area contributed by atoms with Crippen LogP contribution in [-0.4, -0.2) is 31.3 Å². The van der Waals surface area contributed by atoms with Gasteiger partial charge >= 0.3 is 6.01 Å². The predicted octanol–water partition coefficient (Wildman–Crippen LogP) is 2.02. The van der Waals surface area contributed by atoms with E-state index in [0.29, 0.717) is 17.8 Å². The Balaban J connectivity index is 1.94. The molecule has 7 heteroatoms. The molecular weight excluding hydrogens is 256 g/mol.